The molecule has 2 amide bonds. The van der Waals surface area contributed by atoms with Crippen molar-refractivity contribution in [1.29, 1.82) is 0 Å². The molecule has 0 bridgehead atoms. The monoisotopic (exact) mass is 350 g/mol. The summed E-state index contributed by atoms with van der Waals surface area (Å²) in [5, 5.41) is 2.90. The minimum absolute atomic E-state index is 0.00329. The van der Waals surface area contributed by atoms with Crippen molar-refractivity contribution in [3.63, 3.8) is 0 Å². The number of nitrogens with one attached hydrogen (secondary N) is 1. The van der Waals surface area contributed by atoms with Gasteiger partial charge in [0, 0.05) is 32.7 Å². The lowest BCUT2D eigenvalue weighted by molar-refractivity contribution is -0.129. The molecule has 0 spiro atoms. The van der Waals surface area contributed by atoms with Crippen molar-refractivity contribution >= 4 is 11.8 Å². The minimum Gasteiger partial charge on any atom is -0.467 e. The number of amides is 2. The molecule has 0 saturated carbocycles. The number of hydrogen-bond acceptors (Lipinski definition) is 5. The second-order valence-corrected chi connectivity index (χ2v) is 6.61. The first-order valence-electron chi connectivity index (χ1n) is 8.99. The number of carbonyl (C=O) groups is 2. The zero-order chi connectivity index (χ0) is 17.5. The van der Waals surface area contributed by atoms with Crippen LogP contribution in [0.5, 0.6) is 0 Å². The molecular formula is C18H26N2O5. The second kappa shape index (κ2) is 9.01. The predicted molar refractivity (Wildman–Crippen MR) is 89.7 cm³/mol. The molecule has 3 heterocycles. The summed E-state index contributed by atoms with van der Waals surface area (Å²) < 4.78 is 16.3. The van der Waals surface area contributed by atoms with Gasteiger partial charge in [0.25, 0.3) is 0 Å². The average Bonchev–Trinajstić information content (AvgIpc) is 3.34. The Balaban J connectivity index is 1.28. The number of nitrogens with zero attached hydrogens (tertiary/aromatic N) is 1. The van der Waals surface area contributed by atoms with Crippen molar-refractivity contribution in [1.82, 2.24) is 10.2 Å². The van der Waals surface area contributed by atoms with E-state index in [1.807, 2.05) is 6.07 Å². The highest BCUT2D eigenvalue weighted by molar-refractivity contribution is 5.89. The summed E-state index contributed by atoms with van der Waals surface area (Å²) >= 11 is 0. The molecule has 2 aliphatic heterocycles. The van der Waals surface area contributed by atoms with E-state index in [-0.39, 0.29) is 30.3 Å². The highest BCUT2D eigenvalue weighted by Crippen LogP contribution is 2.20. The molecule has 2 atom stereocenters. The standard InChI is InChI=1S/C18H26N2O5/c21-17-10-14(11-20(17)12-15-4-1-8-24-15)18(22)19-6-3-7-23-13-16-5-2-9-25-16/h1,4,8,14,16H,2-3,5-7,9-13H2,(H,19,22). The zero-order valence-corrected chi connectivity index (χ0v) is 14.4. The van der Waals surface area contributed by atoms with Gasteiger partial charge in [0.1, 0.15) is 5.76 Å². The molecule has 1 N–H and O–H groups in total. The number of ether oxygens (including phenoxy) is 2. The maximum Gasteiger partial charge on any atom is 0.225 e. The Labute approximate surface area is 147 Å². The maximum atomic E-state index is 12.2. The van der Waals surface area contributed by atoms with Gasteiger partial charge in [-0.25, -0.2) is 0 Å². The van der Waals surface area contributed by atoms with E-state index in [1.54, 1.807) is 17.2 Å². The van der Waals surface area contributed by atoms with Crippen molar-refractivity contribution in [3.05, 3.63) is 24.2 Å². The predicted octanol–water partition coefficient (Wildman–Crippen LogP) is 1.33. The third-order valence-electron chi connectivity index (χ3n) is 4.60. The van der Waals surface area contributed by atoms with Gasteiger partial charge in [-0.05, 0) is 31.4 Å². The van der Waals surface area contributed by atoms with E-state index in [0.29, 0.717) is 32.8 Å². The lowest BCUT2D eigenvalue weighted by Gasteiger charge is -2.15. The highest BCUT2D eigenvalue weighted by atomic mass is 16.5. The number of rotatable bonds is 9. The summed E-state index contributed by atoms with van der Waals surface area (Å²) in [6, 6.07) is 3.62. The molecule has 3 rings (SSSR count). The van der Waals surface area contributed by atoms with Gasteiger partial charge >= 0.3 is 0 Å². The fourth-order valence-electron chi connectivity index (χ4n) is 3.21. The van der Waals surface area contributed by atoms with Gasteiger partial charge in [0.15, 0.2) is 0 Å². The third-order valence-corrected chi connectivity index (χ3v) is 4.60. The Bertz CT molecular complexity index is 554. The van der Waals surface area contributed by atoms with Gasteiger partial charge in [0.2, 0.25) is 11.8 Å². The molecule has 1 aromatic heterocycles. The summed E-state index contributed by atoms with van der Waals surface area (Å²) in [5.41, 5.74) is 0. The Kier molecular flexibility index (Phi) is 6.47. The molecule has 2 aliphatic rings. The van der Waals surface area contributed by atoms with Crippen molar-refractivity contribution in [2.24, 2.45) is 5.92 Å². The van der Waals surface area contributed by atoms with Gasteiger partial charge in [-0.15, -0.1) is 0 Å². The Morgan fingerprint density at radius 3 is 3.12 bits per heavy atom. The molecule has 2 unspecified atom stereocenters. The first-order chi connectivity index (χ1) is 12.2. The van der Waals surface area contributed by atoms with Crippen molar-refractivity contribution in [2.75, 3.05) is 32.9 Å². The maximum absolute atomic E-state index is 12.2. The van der Waals surface area contributed by atoms with E-state index < -0.39 is 0 Å². The van der Waals surface area contributed by atoms with Crippen LogP contribution in [0.2, 0.25) is 0 Å². The zero-order valence-electron chi connectivity index (χ0n) is 14.4. The summed E-state index contributed by atoms with van der Waals surface area (Å²) in [5.74, 6) is 0.388. The Hall–Kier alpha value is -1.86. The normalized spacial score (nSPS) is 23.4. The molecule has 2 fully saturated rings. The highest BCUT2D eigenvalue weighted by Gasteiger charge is 2.34. The van der Waals surface area contributed by atoms with Crippen LogP contribution in [-0.2, 0) is 25.6 Å². The number of hydrogen-bond donors (Lipinski definition) is 1. The SMILES string of the molecule is O=C(NCCCOCC1CCCO1)C1CC(=O)N(Cc2ccco2)C1. The average molecular weight is 350 g/mol. The lowest BCUT2D eigenvalue weighted by atomic mass is 10.1. The van der Waals surface area contributed by atoms with Crippen molar-refractivity contribution in [2.45, 2.75) is 38.3 Å². The Morgan fingerprint density at radius 2 is 2.36 bits per heavy atom. The fourth-order valence-corrected chi connectivity index (χ4v) is 3.21. The molecule has 0 radical (unpaired) electrons. The van der Waals surface area contributed by atoms with Crippen LogP contribution in [0.3, 0.4) is 0 Å². The summed E-state index contributed by atoms with van der Waals surface area (Å²) in [7, 11) is 0. The molecule has 2 saturated heterocycles. The summed E-state index contributed by atoms with van der Waals surface area (Å²) in [6.07, 6.45) is 5.03. The number of furan rings is 1. The van der Waals surface area contributed by atoms with Crippen molar-refractivity contribution < 1.29 is 23.5 Å². The number of carbonyl (C=O) groups excluding carboxylic acids is 2. The van der Waals surface area contributed by atoms with E-state index in [2.05, 4.69) is 5.32 Å². The van der Waals surface area contributed by atoms with Gasteiger partial charge in [-0.3, -0.25) is 9.59 Å². The first-order valence-corrected chi connectivity index (χ1v) is 8.99. The van der Waals surface area contributed by atoms with E-state index in [1.165, 1.54) is 0 Å². The van der Waals surface area contributed by atoms with Crippen LogP contribution in [0.4, 0.5) is 0 Å². The smallest absolute Gasteiger partial charge is 0.225 e. The Morgan fingerprint density at radius 1 is 1.44 bits per heavy atom. The molecule has 7 nitrogen and oxygen atoms in total. The van der Waals surface area contributed by atoms with E-state index in [0.717, 1.165) is 31.6 Å². The van der Waals surface area contributed by atoms with Crippen LogP contribution in [0.1, 0.15) is 31.4 Å². The molecule has 25 heavy (non-hydrogen) atoms. The summed E-state index contributed by atoms with van der Waals surface area (Å²) in [4.78, 5) is 25.9. The van der Waals surface area contributed by atoms with Crippen LogP contribution >= 0.6 is 0 Å². The molecule has 138 valence electrons. The third kappa shape index (κ3) is 5.31. The topological polar surface area (TPSA) is 81.0 Å². The first kappa shape index (κ1) is 17.9. The van der Waals surface area contributed by atoms with Gasteiger partial charge in [0.05, 0.1) is 31.4 Å². The quantitative estimate of drug-likeness (QED) is 0.680. The van der Waals surface area contributed by atoms with Crippen LogP contribution in [0.25, 0.3) is 0 Å². The van der Waals surface area contributed by atoms with Gasteiger partial charge in [-0.1, -0.05) is 0 Å². The molecular weight excluding hydrogens is 324 g/mol. The summed E-state index contributed by atoms with van der Waals surface area (Å²) in [6.45, 7) is 3.50. The molecule has 1 aromatic rings. The van der Waals surface area contributed by atoms with Crippen LogP contribution in [0, 0.1) is 5.92 Å². The van der Waals surface area contributed by atoms with Crippen LogP contribution in [0.15, 0.2) is 22.8 Å². The minimum atomic E-state index is -0.282. The largest absolute Gasteiger partial charge is 0.467 e. The van der Waals surface area contributed by atoms with Crippen LogP contribution in [-0.4, -0.2) is 55.7 Å². The van der Waals surface area contributed by atoms with Crippen molar-refractivity contribution in [3.8, 4) is 0 Å². The van der Waals surface area contributed by atoms with Gasteiger partial charge in [-0.2, -0.15) is 0 Å². The fraction of sp³-hybridized carbons (Fsp3) is 0.667. The van der Waals surface area contributed by atoms with E-state index >= 15 is 0 Å². The lowest BCUT2D eigenvalue weighted by Crippen LogP contribution is -2.33. The molecule has 7 heteroatoms. The van der Waals surface area contributed by atoms with Crippen LogP contribution < -0.4 is 5.32 Å². The van der Waals surface area contributed by atoms with E-state index in [9.17, 15) is 9.59 Å². The van der Waals surface area contributed by atoms with E-state index in [4.69, 9.17) is 13.9 Å². The van der Waals surface area contributed by atoms with Gasteiger partial charge < -0.3 is 24.1 Å². The number of likely N-dealkylation sites (tertiary alicyclic amines) is 1. The molecule has 0 aromatic carbocycles. The molecule has 0 aliphatic carbocycles. The second-order valence-electron chi connectivity index (χ2n) is 6.61.